The van der Waals surface area contributed by atoms with Gasteiger partial charge in [-0.15, -0.1) is 0 Å². The topological polar surface area (TPSA) is 49.4 Å². The Kier molecular flexibility index (Phi) is 5.04. The molecule has 2 aromatic rings. The third-order valence-corrected chi connectivity index (χ3v) is 4.66. The number of halogens is 2. The number of nitrogens with one attached hydrogen (secondary N) is 1. The van der Waals surface area contributed by atoms with Crippen LogP contribution < -0.4 is 10.2 Å². The largest absolute Gasteiger partial charge is 0.349 e. The lowest BCUT2D eigenvalue weighted by molar-refractivity contribution is -0.126. The van der Waals surface area contributed by atoms with E-state index in [0.29, 0.717) is 5.69 Å². The molecule has 2 amide bonds. The van der Waals surface area contributed by atoms with Crippen LogP contribution in [0.3, 0.4) is 0 Å². The Bertz CT molecular complexity index is 797. The van der Waals surface area contributed by atoms with E-state index in [0.717, 1.165) is 5.56 Å². The fourth-order valence-corrected chi connectivity index (χ4v) is 3.12. The molecule has 1 aliphatic rings. The van der Waals surface area contributed by atoms with Gasteiger partial charge in [-0.1, -0.05) is 41.9 Å². The Balaban J connectivity index is 1.67. The molecule has 0 unspecified atom stereocenters. The maximum atomic E-state index is 13.3. The molecule has 3 rings (SSSR count). The van der Waals surface area contributed by atoms with Crippen molar-refractivity contribution in [1.82, 2.24) is 5.32 Å². The van der Waals surface area contributed by atoms with Crippen LogP contribution in [0.2, 0.25) is 5.02 Å². The highest BCUT2D eigenvalue weighted by Gasteiger charge is 2.35. The van der Waals surface area contributed by atoms with Gasteiger partial charge in [0.05, 0.1) is 17.0 Å². The molecular weight excluding hydrogens is 343 g/mol. The molecule has 0 bridgehead atoms. The van der Waals surface area contributed by atoms with E-state index in [1.54, 1.807) is 0 Å². The van der Waals surface area contributed by atoms with Crippen LogP contribution in [0.15, 0.2) is 48.5 Å². The van der Waals surface area contributed by atoms with E-state index in [1.807, 2.05) is 37.3 Å². The summed E-state index contributed by atoms with van der Waals surface area (Å²) in [6, 6.07) is 13.6. The summed E-state index contributed by atoms with van der Waals surface area (Å²) < 4.78 is 13.3. The normalized spacial score (nSPS) is 18.3. The number of nitrogens with zero attached hydrogens (tertiary/aromatic N) is 1. The molecule has 1 saturated heterocycles. The van der Waals surface area contributed by atoms with E-state index in [-0.39, 0.29) is 35.8 Å². The van der Waals surface area contributed by atoms with Crippen molar-refractivity contribution in [3.8, 4) is 0 Å². The highest BCUT2D eigenvalue weighted by atomic mass is 35.5. The lowest BCUT2D eigenvalue weighted by atomic mass is 10.1. The Morgan fingerprint density at radius 3 is 2.68 bits per heavy atom. The van der Waals surface area contributed by atoms with Crippen molar-refractivity contribution in [3.05, 3.63) is 64.9 Å². The van der Waals surface area contributed by atoms with Crippen LogP contribution in [0.25, 0.3) is 0 Å². The quantitative estimate of drug-likeness (QED) is 0.903. The Labute approximate surface area is 150 Å². The van der Waals surface area contributed by atoms with E-state index >= 15 is 0 Å². The average molecular weight is 361 g/mol. The summed E-state index contributed by atoms with van der Waals surface area (Å²) in [5, 5.41) is 2.90. The van der Waals surface area contributed by atoms with E-state index in [4.69, 9.17) is 11.6 Å². The van der Waals surface area contributed by atoms with Crippen LogP contribution in [0.1, 0.15) is 24.9 Å². The second kappa shape index (κ2) is 7.23. The number of hydrogen-bond donors (Lipinski definition) is 1. The summed E-state index contributed by atoms with van der Waals surface area (Å²) in [5.41, 5.74) is 1.50. The SMILES string of the molecule is C[C@@H](NC(=O)[C@@H]1CC(=O)N(c2ccc(F)c(Cl)c2)C1)c1ccccc1. The molecule has 6 heteroatoms. The minimum Gasteiger partial charge on any atom is -0.349 e. The van der Waals surface area contributed by atoms with Gasteiger partial charge in [0.15, 0.2) is 0 Å². The Hall–Kier alpha value is -2.40. The number of carbonyl (C=O) groups is 2. The highest BCUT2D eigenvalue weighted by molar-refractivity contribution is 6.31. The zero-order valence-corrected chi connectivity index (χ0v) is 14.5. The second-order valence-corrected chi connectivity index (χ2v) is 6.55. The van der Waals surface area contributed by atoms with Gasteiger partial charge >= 0.3 is 0 Å². The first-order chi connectivity index (χ1) is 12.0. The first kappa shape index (κ1) is 17.4. The number of amides is 2. The fourth-order valence-electron chi connectivity index (χ4n) is 2.94. The fraction of sp³-hybridized carbons (Fsp3) is 0.263. The van der Waals surface area contributed by atoms with E-state index in [2.05, 4.69) is 5.32 Å². The smallest absolute Gasteiger partial charge is 0.227 e. The van der Waals surface area contributed by atoms with Crippen molar-refractivity contribution in [2.75, 3.05) is 11.4 Å². The van der Waals surface area contributed by atoms with Crippen molar-refractivity contribution in [2.45, 2.75) is 19.4 Å². The van der Waals surface area contributed by atoms with Crippen LogP contribution in [0.5, 0.6) is 0 Å². The minimum absolute atomic E-state index is 0.0455. The monoisotopic (exact) mass is 360 g/mol. The molecule has 0 saturated carbocycles. The summed E-state index contributed by atoms with van der Waals surface area (Å²) in [4.78, 5) is 26.2. The third kappa shape index (κ3) is 3.82. The maximum absolute atomic E-state index is 13.3. The molecule has 4 nitrogen and oxygen atoms in total. The zero-order valence-electron chi connectivity index (χ0n) is 13.7. The number of rotatable bonds is 4. The number of hydrogen-bond acceptors (Lipinski definition) is 2. The van der Waals surface area contributed by atoms with Crippen molar-refractivity contribution in [3.63, 3.8) is 0 Å². The van der Waals surface area contributed by atoms with Gasteiger partial charge in [0.25, 0.3) is 0 Å². The zero-order chi connectivity index (χ0) is 18.0. The molecule has 25 heavy (non-hydrogen) atoms. The number of benzene rings is 2. The van der Waals surface area contributed by atoms with Gasteiger partial charge in [0.1, 0.15) is 5.82 Å². The molecule has 1 heterocycles. The second-order valence-electron chi connectivity index (χ2n) is 6.14. The van der Waals surface area contributed by atoms with Crippen LogP contribution in [-0.4, -0.2) is 18.4 Å². The van der Waals surface area contributed by atoms with Gasteiger partial charge in [-0.25, -0.2) is 4.39 Å². The lowest BCUT2D eigenvalue weighted by Crippen LogP contribution is -2.34. The van der Waals surface area contributed by atoms with E-state index in [1.165, 1.54) is 23.1 Å². The van der Waals surface area contributed by atoms with Crippen molar-refractivity contribution in [1.29, 1.82) is 0 Å². The first-order valence-corrected chi connectivity index (χ1v) is 8.44. The van der Waals surface area contributed by atoms with Crippen molar-refractivity contribution in [2.24, 2.45) is 5.92 Å². The van der Waals surface area contributed by atoms with Crippen LogP contribution in [0, 0.1) is 11.7 Å². The number of carbonyl (C=O) groups excluding carboxylic acids is 2. The Morgan fingerprint density at radius 2 is 2.00 bits per heavy atom. The standard InChI is InChI=1S/C19H18ClFN2O2/c1-12(13-5-3-2-4-6-13)22-19(25)14-9-18(24)23(11-14)15-7-8-17(21)16(20)10-15/h2-8,10,12,14H,9,11H2,1H3,(H,22,25)/t12-,14-/m1/s1. The van der Waals surface area contributed by atoms with Crippen molar-refractivity contribution < 1.29 is 14.0 Å². The summed E-state index contributed by atoms with van der Waals surface area (Å²) in [6.07, 6.45) is 0.127. The molecule has 0 aliphatic carbocycles. The summed E-state index contributed by atoms with van der Waals surface area (Å²) in [6.45, 7) is 2.16. The molecule has 2 atom stereocenters. The predicted octanol–water partition coefficient (Wildman–Crippen LogP) is 3.71. The van der Waals surface area contributed by atoms with E-state index < -0.39 is 11.7 Å². The molecule has 0 radical (unpaired) electrons. The molecule has 2 aromatic carbocycles. The maximum Gasteiger partial charge on any atom is 0.227 e. The van der Waals surface area contributed by atoms with Gasteiger partial charge in [0, 0.05) is 18.7 Å². The van der Waals surface area contributed by atoms with Gasteiger partial charge in [-0.3, -0.25) is 9.59 Å². The molecule has 1 aliphatic heterocycles. The lowest BCUT2D eigenvalue weighted by Gasteiger charge is -2.19. The average Bonchev–Trinajstić information content (AvgIpc) is 3.00. The molecule has 1 fully saturated rings. The molecular formula is C19H18ClFN2O2. The van der Waals surface area contributed by atoms with Crippen molar-refractivity contribution >= 4 is 29.1 Å². The van der Waals surface area contributed by atoms with Gasteiger partial charge in [-0.05, 0) is 30.7 Å². The minimum atomic E-state index is -0.539. The van der Waals surface area contributed by atoms with Gasteiger partial charge in [-0.2, -0.15) is 0 Å². The molecule has 0 spiro atoms. The van der Waals surface area contributed by atoms with Crippen LogP contribution in [0.4, 0.5) is 10.1 Å². The summed E-state index contributed by atoms with van der Waals surface area (Å²) in [7, 11) is 0. The van der Waals surface area contributed by atoms with Gasteiger partial charge < -0.3 is 10.2 Å². The number of anilines is 1. The van der Waals surface area contributed by atoms with E-state index in [9.17, 15) is 14.0 Å². The van der Waals surface area contributed by atoms with Crippen LogP contribution >= 0.6 is 11.6 Å². The molecule has 1 N–H and O–H groups in total. The first-order valence-electron chi connectivity index (χ1n) is 8.06. The van der Waals surface area contributed by atoms with Crippen LogP contribution in [-0.2, 0) is 9.59 Å². The summed E-state index contributed by atoms with van der Waals surface area (Å²) in [5.74, 6) is -1.32. The Morgan fingerprint density at radius 1 is 1.28 bits per heavy atom. The highest BCUT2D eigenvalue weighted by Crippen LogP contribution is 2.29. The third-order valence-electron chi connectivity index (χ3n) is 4.37. The molecule has 130 valence electrons. The summed E-state index contributed by atoms with van der Waals surface area (Å²) >= 11 is 5.78. The predicted molar refractivity (Wildman–Crippen MR) is 94.9 cm³/mol. The molecule has 0 aromatic heterocycles. The van der Waals surface area contributed by atoms with Gasteiger partial charge in [0.2, 0.25) is 11.8 Å².